The number of hydrogen-bond donors (Lipinski definition) is 1. The van der Waals surface area contributed by atoms with Gasteiger partial charge in [0.05, 0.1) is 6.20 Å². The van der Waals surface area contributed by atoms with Gasteiger partial charge >= 0.3 is 0 Å². The Bertz CT molecular complexity index is 474. The van der Waals surface area contributed by atoms with Crippen LogP contribution in [-0.4, -0.2) is 19.9 Å². The zero-order valence-electron chi connectivity index (χ0n) is 8.79. The Morgan fingerprint density at radius 3 is 2.81 bits per heavy atom. The van der Waals surface area contributed by atoms with Gasteiger partial charge in [0.2, 0.25) is 0 Å². The van der Waals surface area contributed by atoms with Gasteiger partial charge in [0.1, 0.15) is 22.2 Å². The fourth-order valence-corrected chi connectivity index (χ4v) is 2.16. The molecular formula is C10H11N5S. The van der Waals surface area contributed by atoms with Crippen molar-refractivity contribution in [2.75, 3.05) is 5.73 Å². The van der Waals surface area contributed by atoms with Gasteiger partial charge in [0.25, 0.3) is 0 Å². The molecule has 0 aliphatic carbocycles. The van der Waals surface area contributed by atoms with Crippen LogP contribution in [-0.2, 0) is 6.42 Å². The predicted molar refractivity (Wildman–Crippen MR) is 62.0 cm³/mol. The van der Waals surface area contributed by atoms with Gasteiger partial charge in [-0.1, -0.05) is 6.92 Å². The highest BCUT2D eigenvalue weighted by Gasteiger charge is 2.09. The highest BCUT2D eigenvalue weighted by Crippen LogP contribution is 2.28. The Labute approximate surface area is 97.6 Å². The lowest BCUT2D eigenvalue weighted by Gasteiger charge is -2.06. The van der Waals surface area contributed by atoms with Gasteiger partial charge in [-0.15, -0.1) is 0 Å². The minimum Gasteiger partial charge on any atom is -0.383 e. The SMILES string of the molecule is CCc1c(N)ncnc1Sc1cnccn1. The van der Waals surface area contributed by atoms with Gasteiger partial charge < -0.3 is 5.73 Å². The standard InChI is InChI=1S/C10H11N5S/c1-2-7-9(11)14-6-15-10(7)16-8-5-12-3-4-13-8/h3-6H,2H2,1H3,(H2,11,14,15). The Morgan fingerprint density at radius 2 is 2.12 bits per heavy atom. The number of nitrogens with zero attached hydrogens (tertiary/aromatic N) is 4. The van der Waals surface area contributed by atoms with Crippen LogP contribution in [0.15, 0.2) is 35.0 Å². The maximum absolute atomic E-state index is 5.79. The largest absolute Gasteiger partial charge is 0.383 e. The molecule has 0 aliphatic rings. The molecule has 2 N–H and O–H groups in total. The zero-order chi connectivity index (χ0) is 11.4. The van der Waals surface area contributed by atoms with Crippen molar-refractivity contribution in [3.8, 4) is 0 Å². The van der Waals surface area contributed by atoms with E-state index in [2.05, 4.69) is 19.9 Å². The summed E-state index contributed by atoms with van der Waals surface area (Å²) in [6.07, 6.45) is 7.25. The molecule has 0 saturated heterocycles. The van der Waals surface area contributed by atoms with Gasteiger partial charge in [-0.05, 0) is 18.2 Å². The van der Waals surface area contributed by atoms with Crippen LogP contribution in [0.25, 0.3) is 0 Å². The first-order valence-electron chi connectivity index (χ1n) is 4.84. The molecule has 0 aliphatic heterocycles. The number of anilines is 1. The van der Waals surface area contributed by atoms with E-state index < -0.39 is 0 Å². The van der Waals surface area contributed by atoms with E-state index >= 15 is 0 Å². The van der Waals surface area contributed by atoms with E-state index in [9.17, 15) is 0 Å². The van der Waals surface area contributed by atoms with E-state index in [1.807, 2.05) is 6.92 Å². The fourth-order valence-electron chi connectivity index (χ4n) is 1.27. The molecule has 0 spiro atoms. The van der Waals surface area contributed by atoms with Crippen molar-refractivity contribution < 1.29 is 0 Å². The smallest absolute Gasteiger partial charge is 0.131 e. The second-order valence-electron chi connectivity index (χ2n) is 3.04. The fraction of sp³-hybridized carbons (Fsp3) is 0.200. The van der Waals surface area contributed by atoms with Crippen LogP contribution in [0.4, 0.5) is 5.82 Å². The molecule has 0 radical (unpaired) electrons. The number of nitrogens with two attached hydrogens (primary N) is 1. The predicted octanol–water partition coefficient (Wildman–Crippen LogP) is 1.56. The summed E-state index contributed by atoms with van der Waals surface area (Å²) >= 11 is 1.45. The van der Waals surface area contributed by atoms with Gasteiger partial charge in [-0.25, -0.2) is 15.0 Å². The summed E-state index contributed by atoms with van der Waals surface area (Å²) in [5.41, 5.74) is 6.74. The molecule has 0 fully saturated rings. The highest BCUT2D eigenvalue weighted by atomic mass is 32.2. The molecule has 2 heterocycles. The van der Waals surface area contributed by atoms with Gasteiger partial charge in [0.15, 0.2) is 0 Å². The molecule has 6 heteroatoms. The molecule has 0 atom stereocenters. The van der Waals surface area contributed by atoms with Crippen LogP contribution in [0.5, 0.6) is 0 Å². The maximum Gasteiger partial charge on any atom is 0.131 e. The summed E-state index contributed by atoms with van der Waals surface area (Å²) in [6, 6.07) is 0. The lowest BCUT2D eigenvalue weighted by Crippen LogP contribution is -2.00. The summed E-state index contributed by atoms with van der Waals surface area (Å²) in [6.45, 7) is 2.02. The van der Waals surface area contributed by atoms with E-state index in [1.54, 1.807) is 18.6 Å². The van der Waals surface area contributed by atoms with Crippen LogP contribution < -0.4 is 5.73 Å². The lowest BCUT2D eigenvalue weighted by atomic mass is 10.2. The third kappa shape index (κ3) is 2.27. The van der Waals surface area contributed by atoms with Gasteiger partial charge in [-0.2, -0.15) is 0 Å². The molecule has 2 rings (SSSR count). The van der Waals surface area contributed by atoms with Gasteiger partial charge in [0, 0.05) is 18.0 Å². The number of nitrogen functional groups attached to an aromatic ring is 1. The van der Waals surface area contributed by atoms with Crippen molar-refractivity contribution in [1.29, 1.82) is 0 Å². The van der Waals surface area contributed by atoms with E-state index in [-0.39, 0.29) is 0 Å². The molecule has 0 amide bonds. The van der Waals surface area contributed by atoms with Crippen LogP contribution >= 0.6 is 11.8 Å². The summed E-state index contributed by atoms with van der Waals surface area (Å²) < 4.78 is 0. The number of hydrogen-bond acceptors (Lipinski definition) is 6. The quantitative estimate of drug-likeness (QED) is 0.811. The summed E-state index contributed by atoms with van der Waals surface area (Å²) in [5.74, 6) is 0.531. The molecule has 16 heavy (non-hydrogen) atoms. The molecule has 82 valence electrons. The van der Waals surface area contributed by atoms with Crippen molar-refractivity contribution in [2.24, 2.45) is 0 Å². The molecule has 0 unspecified atom stereocenters. The Hall–Kier alpha value is -1.69. The summed E-state index contributed by atoms with van der Waals surface area (Å²) in [4.78, 5) is 16.4. The van der Waals surface area contributed by atoms with E-state index in [1.165, 1.54) is 18.1 Å². The van der Waals surface area contributed by atoms with E-state index in [0.29, 0.717) is 5.82 Å². The second kappa shape index (κ2) is 4.89. The molecule has 0 bridgehead atoms. The monoisotopic (exact) mass is 233 g/mol. The molecule has 5 nitrogen and oxygen atoms in total. The summed E-state index contributed by atoms with van der Waals surface area (Å²) in [5, 5.41) is 1.64. The summed E-state index contributed by atoms with van der Waals surface area (Å²) in [7, 11) is 0. The van der Waals surface area contributed by atoms with E-state index in [0.717, 1.165) is 22.0 Å². The first kappa shape index (κ1) is 10.8. The van der Waals surface area contributed by atoms with E-state index in [4.69, 9.17) is 5.73 Å². The molecular weight excluding hydrogens is 222 g/mol. The van der Waals surface area contributed by atoms with Crippen molar-refractivity contribution in [3.05, 3.63) is 30.5 Å². The maximum atomic E-state index is 5.79. The Kier molecular flexibility index (Phi) is 3.31. The van der Waals surface area contributed by atoms with Crippen LogP contribution in [0.1, 0.15) is 12.5 Å². The lowest BCUT2D eigenvalue weighted by molar-refractivity contribution is 0.946. The third-order valence-electron chi connectivity index (χ3n) is 2.03. The molecule has 2 aromatic heterocycles. The van der Waals surface area contributed by atoms with Crippen molar-refractivity contribution in [1.82, 2.24) is 19.9 Å². The molecule has 2 aromatic rings. The number of aromatic nitrogens is 4. The van der Waals surface area contributed by atoms with Crippen LogP contribution in [0, 0.1) is 0 Å². The normalized spacial score (nSPS) is 10.3. The third-order valence-corrected chi connectivity index (χ3v) is 3.00. The number of rotatable bonds is 3. The van der Waals surface area contributed by atoms with Crippen molar-refractivity contribution in [2.45, 2.75) is 23.4 Å². The first-order valence-corrected chi connectivity index (χ1v) is 5.66. The Balaban J connectivity index is 2.31. The minimum absolute atomic E-state index is 0.531. The van der Waals surface area contributed by atoms with Gasteiger partial charge in [-0.3, -0.25) is 4.98 Å². The van der Waals surface area contributed by atoms with Crippen LogP contribution in [0.3, 0.4) is 0 Å². The molecule has 0 aromatic carbocycles. The first-order chi connectivity index (χ1) is 7.81. The second-order valence-corrected chi connectivity index (χ2v) is 4.05. The average Bonchev–Trinajstić information content (AvgIpc) is 2.31. The average molecular weight is 233 g/mol. The van der Waals surface area contributed by atoms with Crippen LogP contribution in [0.2, 0.25) is 0 Å². The minimum atomic E-state index is 0.531. The van der Waals surface area contributed by atoms with Crippen molar-refractivity contribution >= 4 is 17.6 Å². The highest BCUT2D eigenvalue weighted by molar-refractivity contribution is 7.99. The topological polar surface area (TPSA) is 77.6 Å². The molecule has 0 saturated carbocycles. The Morgan fingerprint density at radius 1 is 1.25 bits per heavy atom. The van der Waals surface area contributed by atoms with Crippen molar-refractivity contribution in [3.63, 3.8) is 0 Å². The zero-order valence-corrected chi connectivity index (χ0v) is 9.61.